The van der Waals surface area contributed by atoms with E-state index in [1.54, 1.807) is 54.3 Å². The lowest BCUT2D eigenvalue weighted by molar-refractivity contribution is -0.118. The predicted molar refractivity (Wildman–Crippen MR) is 90.1 cm³/mol. The maximum atomic E-state index is 14.2. The Balaban J connectivity index is 1.70. The molecule has 24 heavy (non-hydrogen) atoms. The molecule has 0 aliphatic carbocycles. The molecule has 3 aromatic rings. The number of nitrogens with zero attached hydrogens (tertiary/aromatic N) is 4. The van der Waals surface area contributed by atoms with E-state index in [-0.39, 0.29) is 0 Å². The monoisotopic (exact) mass is 343 g/mol. The molecule has 0 spiro atoms. The number of carbonyl (C=O) groups excluding carboxylic acids is 1. The van der Waals surface area contributed by atoms with Crippen LogP contribution in [0.4, 0.5) is 10.1 Å². The number of alkyl halides is 1. The van der Waals surface area contributed by atoms with E-state index in [0.29, 0.717) is 28.4 Å². The van der Waals surface area contributed by atoms with Crippen molar-refractivity contribution in [1.82, 2.24) is 19.7 Å². The van der Waals surface area contributed by atoms with E-state index in [2.05, 4.69) is 20.5 Å². The number of amides is 1. The van der Waals surface area contributed by atoms with Crippen LogP contribution >= 0.6 is 11.8 Å². The Morgan fingerprint density at radius 1 is 1.21 bits per heavy atom. The number of hydrogen-bond donors (Lipinski definition) is 1. The quantitative estimate of drug-likeness (QED) is 0.721. The average molecular weight is 343 g/mol. The molecule has 0 radical (unpaired) electrons. The molecule has 1 N–H and O–H groups in total. The first-order valence-electron chi connectivity index (χ1n) is 7.11. The molecule has 122 valence electrons. The molecule has 6 nitrogen and oxygen atoms in total. The largest absolute Gasteiger partial charge is 0.323 e. The standard InChI is InChI=1S/C16H14FN5OS/c1-22-14(11-6-5-9-18-10-11)20-21-16(22)24-13(17)15(23)19-12-7-3-2-4-8-12/h2-10,13H,1H3,(H,19,23). The fourth-order valence-corrected chi connectivity index (χ4v) is 2.71. The Morgan fingerprint density at radius 2 is 2.00 bits per heavy atom. The summed E-state index contributed by atoms with van der Waals surface area (Å²) in [5.41, 5.74) is -0.488. The number of anilines is 1. The minimum absolute atomic E-state index is 0.310. The summed E-state index contributed by atoms with van der Waals surface area (Å²) in [6.45, 7) is 0. The van der Waals surface area contributed by atoms with Gasteiger partial charge in [-0.15, -0.1) is 10.2 Å². The minimum Gasteiger partial charge on any atom is -0.323 e. The lowest BCUT2D eigenvalue weighted by atomic mass is 10.3. The van der Waals surface area contributed by atoms with Crippen molar-refractivity contribution in [2.45, 2.75) is 10.7 Å². The number of halogens is 1. The van der Waals surface area contributed by atoms with Gasteiger partial charge in [-0.2, -0.15) is 0 Å². The van der Waals surface area contributed by atoms with Crippen LogP contribution in [0.5, 0.6) is 0 Å². The van der Waals surface area contributed by atoms with Crippen molar-refractivity contribution < 1.29 is 9.18 Å². The molecule has 1 atom stereocenters. The molecule has 0 saturated carbocycles. The molecule has 0 saturated heterocycles. The second-order valence-corrected chi connectivity index (χ2v) is 5.91. The van der Waals surface area contributed by atoms with Gasteiger partial charge in [-0.05, 0) is 36.0 Å². The van der Waals surface area contributed by atoms with Crippen molar-refractivity contribution in [3.63, 3.8) is 0 Å². The molecule has 8 heteroatoms. The summed E-state index contributed by atoms with van der Waals surface area (Å²) in [5, 5.41) is 10.8. The fourth-order valence-electron chi connectivity index (χ4n) is 2.03. The molecule has 2 aromatic heterocycles. The summed E-state index contributed by atoms with van der Waals surface area (Å²) in [6.07, 6.45) is 3.30. The first kappa shape index (κ1) is 16.1. The highest BCUT2D eigenvalue weighted by molar-refractivity contribution is 8.00. The second kappa shape index (κ2) is 7.22. The van der Waals surface area contributed by atoms with Crippen LogP contribution in [0.1, 0.15) is 0 Å². The molecular formula is C16H14FN5OS. The van der Waals surface area contributed by atoms with Gasteiger partial charge < -0.3 is 9.88 Å². The van der Waals surface area contributed by atoms with Crippen molar-refractivity contribution in [3.8, 4) is 11.4 Å². The molecule has 0 aliphatic heterocycles. The zero-order chi connectivity index (χ0) is 16.9. The third kappa shape index (κ3) is 3.60. The maximum absolute atomic E-state index is 14.2. The van der Waals surface area contributed by atoms with Crippen LogP contribution in [0.3, 0.4) is 0 Å². The molecule has 1 aromatic carbocycles. The normalized spacial score (nSPS) is 11.9. The summed E-state index contributed by atoms with van der Waals surface area (Å²) in [6, 6.07) is 12.3. The van der Waals surface area contributed by atoms with Crippen LogP contribution in [0, 0.1) is 0 Å². The number of thioether (sulfide) groups is 1. The Bertz CT molecular complexity index is 825. The number of nitrogens with one attached hydrogen (secondary N) is 1. The zero-order valence-corrected chi connectivity index (χ0v) is 13.6. The van der Waals surface area contributed by atoms with Gasteiger partial charge in [-0.3, -0.25) is 9.78 Å². The van der Waals surface area contributed by atoms with Gasteiger partial charge in [0.05, 0.1) is 0 Å². The Labute approximate surface area is 142 Å². The highest BCUT2D eigenvalue weighted by Gasteiger charge is 2.23. The summed E-state index contributed by atoms with van der Waals surface area (Å²) < 4.78 is 15.8. The van der Waals surface area contributed by atoms with Crippen LogP contribution in [0.15, 0.2) is 60.0 Å². The molecule has 0 fully saturated rings. The second-order valence-electron chi connectivity index (χ2n) is 4.90. The van der Waals surface area contributed by atoms with Gasteiger partial charge in [0.1, 0.15) is 0 Å². The van der Waals surface area contributed by atoms with E-state index in [1.165, 1.54) is 0 Å². The van der Waals surface area contributed by atoms with E-state index >= 15 is 0 Å². The van der Waals surface area contributed by atoms with Crippen molar-refractivity contribution in [2.24, 2.45) is 7.05 Å². The van der Waals surface area contributed by atoms with Crippen molar-refractivity contribution in [1.29, 1.82) is 0 Å². The summed E-state index contributed by atoms with van der Waals surface area (Å²) in [4.78, 5) is 16.0. The Morgan fingerprint density at radius 3 is 2.71 bits per heavy atom. The first-order chi connectivity index (χ1) is 11.6. The molecule has 3 rings (SSSR count). The van der Waals surface area contributed by atoms with E-state index in [1.807, 2.05) is 12.1 Å². The Kier molecular flexibility index (Phi) is 4.85. The van der Waals surface area contributed by atoms with Gasteiger partial charge in [0.2, 0.25) is 5.50 Å². The number of rotatable bonds is 5. The smallest absolute Gasteiger partial charge is 0.269 e. The maximum Gasteiger partial charge on any atom is 0.269 e. The van der Waals surface area contributed by atoms with Crippen LogP contribution in [0.2, 0.25) is 0 Å². The van der Waals surface area contributed by atoms with Gasteiger partial charge in [-0.25, -0.2) is 4.39 Å². The molecule has 1 unspecified atom stereocenters. The third-order valence-corrected chi connectivity index (χ3v) is 4.20. The van der Waals surface area contributed by atoms with E-state index in [0.717, 1.165) is 5.56 Å². The molecule has 2 heterocycles. The highest BCUT2D eigenvalue weighted by Crippen LogP contribution is 2.26. The number of benzene rings is 1. The SMILES string of the molecule is Cn1c(SC(F)C(=O)Nc2ccccc2)nnc1-c1cccnc1. The fraction of sp³-hybridized carbons (Fsp3) is 0.125. The van der Waals surface area contributed by atoms with Crippen molar-refractivity contribution in [3.05, 3.63) is 54.9 Å². The van der Waals surface area contributed by atoms with Crippen LogP contribution in [-0.2, 0) is 11.8 Å². The topological polar surface area (TPSA) is 72.7 Å². The minimum atomic E-state index is -1.80. The lowest BCUT2D eigenvalue weighted by Gasteiger charge is -2.09. The lowest BCUT2D eigenvalue weighted by Crippen LogP contribution is -2.21. The molecule has 1 amide bonds. The van der Waals surface area contributed by atoms with Crippen LogP contribution in [-0.4, -0.2) is 31.2 Å². The number of pyridine rings is 1. The number of para-hydroxylation sites is 1. The van der Waals surface area contributed by atoms with Crippen molar-refractivity contribution in [2.75, 3.05) is 5.32 Å². The van der Waals surface area contributed by atoms with Crippen LogP contribution in [0.25, 0.3) is 11.4 Å². The average Bonchev–Trinajstić information content (AvgIpc) is 2.97. The zero-order valence-electron chi connectivity index (χ0n) is 12.8. The molecular weight excluding hydrogens is 329 g/mol. The Hall–Kier alpha value is -2.74. The van der Waals surface area contributed by atoms with Crippen LogP contribution < -0.4 is 5.32 Å². The summed E-state index contributed by atoms with van der Waals surface area (Å²) >= 11 is 0.703. The van der Waals surface area contributed by atoms with E-state index in [9.17, 15) is 9.18 Å². The summed E-state index contributed by atoms with van der Waals surface area (Å²) in [7, 11) is 1.71. The van der Waals surface area contributed by atoms with E-state index in [4.69, 9.17) is 0 Å². The molecule has 0 aliphatic rings. The number of carbonyl (C=O) groups is 1. The van der Waals surface area contributed by atoms with Gasteiger partial charge in [-0.1, -0.05) is 18.2 Å². The molecule has 0 bridgehead atoms. The van der Waals surface area contributed by atoms with Gasteiger partial charge in [0.15, 0.2) is 11.0 Å². The highest BCUT2D eigenvalue weighted by atomic mass is 32.2. The van der Waals surface area contributed by atoms with Gasteiger partial charge in [0, 0.05) is 30.7 Å². The number of aromatic nitrogens is 4. The first-order valence-corrected chi connectivity index (χ1v) is 7.99. The van der Waals surface area contributed by atoms with Gasteiger partial charge >= 0.3 is 0 Å². The van der Waals surface area contributed by atoms with Crippen molar-refractivity contribution >= 4 is 23.4 Å². The number of hydrogen-bond acceptors (Lipinski definition) is 5. The summed E-state index contributed by atoms with van der Waals surface area (Å²) in [5.74, 6) is -0.182. The third-order valence-electron chi connectivity index (χ3n) is 3.21. The predicted octanol–water partition coefficient (Wildman–Crippen LogP) is 2.90. The van der Waals surface area contributed by atoms with E-state index < -0.39 is 11.4 Å². The van der Waals surface area contributed by atoms with Gasteiger partial charge in [0.25, 0.3) is 5.91 Å².